The first-order chi connectivity index (χ1) is 17.0. The summed E-state index contributed by atoms with van der Waals surface area (Å²) in [4.78, 5) is 17.3. The fourth-order valence-corrected chi connectivity index (χ4v) is 5.15. The minimum absolute atomic E-state index is 0.0535. The van der Waals surface area contributed by atoms with Crippen LogP contribution in [0.2, 0.25) is 0 Å². The molecule has 2 fully saturated rings. The van der Waals surface area contributed by atoms with Gasteiger partial charge in [0.15, 0.2) is 0 Å². The number of carbonyl (C=O) groups is 1. The molecule has 2 aromatic rings. The van der Waals surface area contributed by atoms with Crippen LogP contribution in [0.3, 0.4) is 0 Å². The van der Waals surface area contributed by atoms with Gasteiger partial charge in [0.2, 0.25) is 0 Å². The fourth-order valence-electron chi connectivity index (χ4n) is 5.15. The Hall–Kier alpha value is -2.59. The average Bonchev–Trinajstić information content (AvgIpc) is 2.84. The van der Waals surface area contributed by atoms with Crippen LogP contribution in [0.15, 0.2) is 48.5 Å². The smallest absolute Gasteiger partial charge is 0.335 e. The summed E-state index contributed by atoms with van der Waals surface area (Å²) < 4.78 is 80.3. The highest BCUT2D eigenvalue weighted by Crippen LogP contribution is 2.37. The van der Waals surface area contributed by atoms with Gasteiger partial charge in [-0.1, -0.05) is 30.3 Å². The second-order valence-corrected chi connectivity index (χ2v) is 9.58. The molecule has 0 radical (unpaired) electrons. The van der Waals surface area contributed by atoms with Gasteiger partial charge in [-0.05, 0) is 48.9 Å². The van der Waals surface area contributed by atoms with E-state index in [4.69, 9.17) is 0 Å². The molecule has 2 saturated heterocycles. The Kier molecular flexibility index (Phi) is 7.94. The van der Waals surface area contributed by atoms with Crippen LogP contribution >= 0.6 is 0 Å². The number of rotatable bonds is 5. The first-order valence-corrected chi connectivity index (χ1v) is 12.1. The molecule has 2 heterocycles. The molecule has 2 aliphatic heterocycles. The number of benzene rings is 2. The maximum Gasteiger partial charge on any atom is 0.416 e. The molecule has 0 saturated carbocycles. The number of piperazine rings is 1. The van der Waals surface area contributed by atoms with Crippen LogP contribution in [0.25, 0.3) is 0 Å². The summed E-state index contributed by atoms with van der Waals surface area (Å²) in [5.74, 6) is -0.513. The van der Waals surface area contributed by atoms with Crippen LogP contribution in [0.1, 0.15) is 39.9 Å². The van der Waals surface area contributed by atoms with E-state index in [9.17, 15) is 31.1 Å². The van der Waals surface area contributed by atoms with Gasteiger partial charge < -0.3 is 15.1 Å². The standard InChI is InChI=1S/C26H29F6N3O/c27-25(28,29)21-14-20(15-22(16-21)26(30,31)32)24(36)35-9-6-19(17-34-10-7-33-8-11-34)13-23(35)12-18-4-2-1-3-5-18/h1-5,14-16,19,23,33H,6-13,17H2. The molecule has 0 bridgehead atoms. The number of likely N-dealkylation sites (tertiary alicyclic amines) is 1. The molecule has 2 aliphatic rings. The van der Waals surface area contributed by atoms with E-state index in [2.05, 4.69) is 10.2 Å². The number of piperidine rings is 1. The highest BCUT2D eigenvalue weighted by molar-refractivity contribution is 5.95. The van der Waals surface area contributed by atoms with Crippen LogP contribution in [0.5, 0.6) is 0 Å². The van der Waals surface area contributed by atoms with Gasteiger partial charge in [0, 0.05) is 50.9 Å². The molecule has 4 nitrogen and oxygen atoms in total. The predicted molar refractivity (Wildman–Crippen MR) is 123 cm³/mol. The quantitative estimate of drug-likeness (QED) is 0.566. The third kappa shape index (κ3) is 6.59. The predicted octanol–water partition coefficient (Wildman–Crippen LogP) is 5.09. The summed E-state index contributed by atoms with van der Waals surface area (Å²) >= 11 is 0. The number of amides is 1. The normalized spacial score (nSPS) is 22.0. The van der Waals surface area contributed by atoms with Crippen LogP contribution in [0.4, 0.5) is 26.3 Å². The van der Waals surface area contributed by atoms with E-state index in [-0.39, 0.29) is 24.6 Å². The Balaban J connectivity index is 1.60. The maximum atomic E-state index is 13.4. The number of nitrogens with one attached hydrogen (secondary N) is 1. The van der Waals surface area contributed by atoms with Gasteiger partial charge in [0.1, 0.15) is 0 Å². The molecule has 0 aliphatic carbocycles. The lowest BCUT2D eigenvalue weighted by atomic mass is 9.86. The zero-order chi connectivity index (χ0) is 25.9. The van der Waals surface area contributed by atoms with Crippen molar-refractivity contribution in [2.75, 3.05) is 39.3 Å². The molecule has 0 spiro atoms. The van der Waals surface area contributed by atoms with Gasteiger partial charge in [0.05, 0.1) is 11.1 Å². The minimum atomic E-state index is -5.00. The summed E-state index contributed by atoms with van der Waals surface area (Å²) in [6, 6.07) is 10.2. The number of carbonyl (C=O) groups excluding carboxylic acids is 1. The average molecular weight is 514 g/mol. The van der Waals surface area contributed by atoms with Crippen molar-refractivity contribution in [2.45, 2.75) is 37.7 Å². The lowest BCUT2D eigenvalue weighted by Gasteiger charge is -2.42. The van der Waals surface area contributed by atoms with E-state index in [0.717, 1.165) is 38.3 Å². The van der Waals surface area contributed by atoms with Crippen LogP contribution in [-0.4, -0.2) is 61.0 Å². The fraction of sp³-hybridized carbons (Fsp3) is 0.500. The third-order valence-electron chi connectivity index (χ3n) is 6.96. The molecule has 196 valence electrons. The Bertz CT molecular complexity index is 1000. The summed E-state index contributed by atoms with van der Waals surface area (Å²) in [6.07, 6.45) is -8.25. The molecule has 10 heteroatoms. The lowest BCUT2D eigenvalue weighted by Crippen LogP contribution is -2.51. The van der Waals surface area contributed by atoms with Crippen molar-refractivity contribution in [3.05, 3.63) is 70.8 Å². The van der Waals surface area contributed by atoms with E-state index in [1.54, 1.807) is 0 Å². The molecule has 2 aromatic carbocycles. The highest BCUT2D eigenvalue weighted by Gasteiger charge is 2.39. The van der Waals surface area contributed by atoms with Crippen molar-refractivity contribution >= 4 is 5.91 Å². The first-order valence-electron chi connectivity index (χ1n) is 12.1. The number of hydrogen-bond acceptors (Lipinski definition) is 3. The monoisotopic (exact) mass is 513 g/mol. The van der Waals surface area contributed by atoms with Gasteiger partial charge in [-0.2, -0.15) is 26.3 Å². The number of hydrogen-bond donors (Lipinski definition) is 1. The minimum Gasteiger partial charge on any atom is -0.335 e. The number of halogens is 6. The Morgan fingerprint density at radius 1 is 0.889 bits per heavy atom. The zero-order valence-electron chi connectivity index (χ0n) is 19.7. The summed E-state index contributed by atoms with van der Waals surface area (Å²) in [5, 5.41) is 3.31. The van der Waals surface area contributed by atoms with Gasteiger partial charge in [-0.25, -0.2) is 0 Å². The van der Waals surface area contributed by atoms with Gasteiger partial charge in [0.25, 0.3) is 5.91 Å². The molecule has 0 aromatic heterocycles. The number of nitrogens with zero attached hydrogens (tertiary/aromatic N) is 2. The van der Waals surface area contributed by atoms with Crippen molar-refractivity contribution in [3.8, 4) is 0 Å². The van der Waals surface area contributed by atoms with E-state index in [0.29, 0.717) is 31.4 Å². The second kappa shape index (κ2) is 10.8. The SMILES string of the molecule is O=C(c1cc(C(F)(F)F)cc(C(F)(F)F)c1)N1CCC(CN2CCNCC2)CC1Cc1ccccc1. The van der Waals surface area contributed by atoms with E-state index < -0.39 is 35.0 Å². The van der Waals surface area contributed by atoms with Crippen molar-refractivity contribution in [3.63, 3.8) is 0 Å². The highest BCUT2D eigenvalue weighted by atomic mass is 19.4. The molecule has 2 atom stereocenters. The molecule has 1 amide bonds. The summed E-state index contributed by atoms with van der Waals surface area (Å²) in [6.45, 7) is 4.80. The van der Waals surface area contributed by atoms with E-state index in [1.165, 1.54) is 4.90 Å². The van der Waals surface area contributed by atoms with Crippen LogP contribution in [-0.2, 0) is 18.8 Å². The Morgan fingerprint density at radius 3 is 2.08 bits per heavy atom. The van der Waals surface area contributed by atoms with Crippen LogP contribution < -0.4 is 5.32 Å². The van der Waals surface area contributed by atoms with Crippen molar-refractivity contribution in [1.29, 1.82) is 0 Å². The van der Waals surface area contributed by atoms with Crippen molar-refractivity contribution in [2.24, 2.45) is 5.92 Å². The summed E-state index contributed by atoms with van der Waals surface area (Å²) in [7, 11) is 0. The zero-order valence-corrected chi connectivity index (χ0v) is 19.7. The maximum absolute atomic E-state index is 13.4. The van der Waals surface area contributed by atoms with Crippen molar-refractivity contribution < 1.29 is 31.1 Å². The van der Waals surface area contributed by atoms with Gasteiger partial charge >= 0.3 is 12.4 Å². The topological polar surface area (TPSA) is 35.6 Å². The Morgan fingerprint density at radius 2 is 1.50 bits per heavy atom. The largest absolute Gasteiger partial charge is 0.416 e. The molecular weight excluding hydrogens is 484 g/mol. The second-order valence-electron chi connectivity index (χ2n) is 9.58. The molecule has 4 rings (SSSR count). The third-order valence-corrected chi connectivity index (χ3v) is 6.96. The van der Waals surface area contributed by atoms with Crippen molar-refractivity contribution in [1.82, 2.24) is 15.1 Å². The lowest BCUT2D eigenvalue weighted by molar-refractivity contribution is -0.143. The number of alkyl halides is 6. The van der Waals surface area contributed by atoms with Crippen LogP contribution in [0, 0.1) is 5.92 Å². The molecule has 36 heavy (non-hydrogen) atoms. The van der Waals surface area contributed by atoms with Gasteiger partial charge in [-0.15, -0.1) is 0 Å². The summed E-state index contributed by atoms with van der Waals surface area (Å²) in [5.41, 5.74) is -2.58. The van der Waals surface area contributed by atoms with E-state index >= 15 is 0 Å². The van der Waals surface area contributed by atoms with E-state index in [1.807, 2.05) is 30.3 Å². The molecule has 1 N–H and O–H groups in total. The van der Waals surface area contributed by atoms with Gasteiger partial charge in [-0.3, -0.25) is 4.79 Å². The molecular formula is C26H29F6N3O. The molecule has 2 unspecified atom stereocenters. The first kappa shape index (κ1) is 26.5. The Labute approximate surface area is 206 Å².